The van der Waals surface area contributed by atoms with E-state index in [9.17, 15) is 13.2 Å². The summed E-state index contributed by atoms with van der Waals surface area (Å²) < 4.78 is 30.0. The van der Waals surface area contributed by atoms with E-state index in [2.05, 4.69) is 14.8 Å². The van der Waals surface area contributed by atoms with E-state index < -0.39 is 10.0 Å². The van der Waals surface area contributed by atoms with Gasteiger partial charge in [0, 0.05) is 50.6 Å². The quantitative estimate of drug-likeness (QED) is 0.683. The van der Waals surface area contributed by atoms with Crippen LogP contribution in [-0.2, 0) is 23.0 Å². The molecular weight excluding hydrogens is 438 g/mol. The lowest BCUT2D eigenvalue weighted by molar-refractivity contribution is 0.0703. The summed E-state index contributed by atoms with van der Waals surface area (Å²) in [4.78, 5) is 15.5. The van der Waals surface area contributed by atoms with Gasteiger partial charge in [0.25, 0.3) is 5.91 Å². The molecule has 178 valence electrons. The molecular formula is C24H33N5O3S. The standard InChI is InChI=1S/C24H33N5O3S/c30-24(19-9-7-11-21(17-19)33(31,32)28-14-4-2-5-15-28)27-13-8-10-20(18-27)23-26-25-22-12-3-1-6-16-29(22)23/h7,9,11,17,20H,1-6,8,10,12-16,18H2. The zero-order valence-electron chi connectivity index (χ0n) is 19.2. The molecule has 1 atom stereocenters. The number of nitrogens with zero attached hydrogens (tertiary/aromatic N) is 5. The molecule has 3 aliphatic rings. The van der Waals surface area contributed by atoms with Gasteiger partial charge in [-0.15, -0.1) is 10.2 Å². The van der Waals surface area contributed by atoms with Crippen molar-refractivity contribution in [3.63, 3.8) is 0 Å². The molecule has 2 fully saturated rings. The zero-order valence-corrected chi connectivity index (χ0v) is 20.0. The van der Waals surface area contributed by atoms with Crippen LogP contribution in [0.2, 0.25) is 0 Å². The zero-order chi connectivity index (χ0) is 22.8. The van der Waals surface area contributed by atoms with Gasteiger partial charge in [0.1, 0.15) is 11.6 Å². The van der Waals surface area contributed by atoms with Gasteiger partial charge in [-0.05, 0) is 56.7 Å². The average Bonchev–Trinajstić information content (AvgIpc) is 3.12. The Morgan fingerprint density at radius 3 is 2.55 bits per heavy atom. The molecule has 3 aliphatic heterocycles. The van der Waals surface area contributed by atoms with Crippen molar-refractivity contribution < 1.29 is 13.2 Å². The number of fused-ring (bicyclic) bond motifs is 1. The van der Waals surface area contributed by atoms with Gasteiger partial charge in [-0.25, -0.2) is 8.42 Å². The number of sulfonamides is 1. The Morgan fingerprint density at radius 2 is 1.70 bits per heavy atom. The van der Waals surface area contributed by atoms with E-state index in [1.54, 1.807) is 28.6 Å². The van der Waals surface area contributed by atoms with Crippen LogP contribution in [0.25, 0.3) is 0 Å². The Bertz CT molecular complexity index is 1110. The van der Waals surface area contributed by atoms with Crippen LogP contribution in [0.4, 0.5) is 0 Å². The van der Waals surface area contributed by atoms with Gasteiger partial charge in [-0.1, -0.05) is 18.9 Å². The molecule has 2 saturated heterocycles. The van der Waals surface area contributed by atoms with Crippen LogP contribution in [0.5, 0.6) is 0 Å². The predicted octanol–water partition coefficient (Wildman–Crippen LogP) is 3.20. The number of likely N-dealkylation sites (tertiary alicyclic amines) is 1. The van der Waals surface area contributed by atoms with Gasteiger partial charge in [0.15, 0.2) is 0 Å². The summed E-state index contributed by atoms with van der Waals surface area (Å²) in [6.45, 7) is 3.34. The Kier molecular flexibility index (Phi) is 6.51. The van der Waals surface area contributed by atoms with Crippen molar-refractivity contribution in [3.8, 4) is 0 Å². The van der Waals surface area contributed by atoms with Gasteiger partial charge >= 0.3 is 0 Å². The minimum Gasteiger partial charge on any atom is -0.338 e. The highest BCUT2D eigenvalue weighted by molar-refractivity contribution is 7.89. The number of hydrogen-bond donors (Lipinski definition) is 0. The van der Waals surface area contributed by atoms with E-state index in [1.807, 2.05) is 4.90 Å². The SMILES string of the molecule is O=C(c1cccc(S(=O)(=O)N2CCCCC2)c1)N1CCCC(c2nnc3n2CCCCC3)C1. The molecule has 1 unspecified atom stereocenters. The molecule has 4 heterocycles. The van der Waals surface area contributed by atoms with Crippen LogP contribution in [-0.4, -0.2) is 64.5 Å². The largest absolute Gasteiger partial charge is 0.338 e. The third-order valence-corrected chi connectivity index (χ3v) is 9.14. The fourth-order valence-corrected chi connectivity index (χ4v) is 6.97. The second-order valence-electron chi connectivity index (χ2n) is 9.52. The third-order valence-electron chi connectivity index (χ3n) is 7.25. The van der Waals surface area contributed by atoms with E-state index >= 15 is 0 Å². The molecule has 0 spiro atoms. The summed E-state index contributed by atoms with van der Waals surface area (Å²) in [6.07, 6.45) is 9.23. The summed E-state index contributed by atoms with van der Waals surface area (Å²) >= 11 is 0. The monoisotopic (exact) mass is 471 g/mol. The van der Waals surface area contributed by atoms with Crippen LogP contribution in [0, 0.1) is 0 Å². The Balaban J connectivity index is 1.34. The van der Waals surface area contributed by atoms with Crippen molar-refractivity contribution >= 4 is 15.9 Å². The maximum Gasteiger partial charge on any atom is 0.253 e. The summed E-state index contributed by atoms with van der Waals surface area (Å²) in [5.74, 6) is 2.14. The van der Waals surface area contributed by atoms with Crippen molar-refractivity contribution in [3.05, 3.63) is 41.5 Å². The van der Waals surface area contributed by atoms with Crippen molar-refractivity contribution in [2.75, 3.05) is 26.2 Å². The molecule has 1 aromatic heterocycles. The molecule has 33 heavy (non-hydrogen) atoms. The Labute approximate surface area is 196 Å². The fourth-order valence-electron chi connectivity index (χ4n) is 5.41. The van der Waals surface area contributed by atoms with Crippen molar-refractivity contribution in [1.82, 2.24) is 24.0 Å². The highest BCUT2D eigenvalue weighted by atomic mass is 32.2. The van der Waals surface area contributed by atoms with E-state index in [1.165, 1.54) is 6.42 Å². The number of carbonyl (C=O) groups is 1. The first-order chi connectivity index (χ1) is 16.0. The number of carbonyl (C=O) groups excluding carboxylic acids is 1. The molecule has 5 rings (SSSR count). The first-order valence-electron chi connectivity index (χ1n) is 12.4. The number of rotatable bonds is 4. The normalized spacial score (nSPS) is 22.5. The van der Waals surface area contributed by atoms with Gasteiger partial charge in [0.05, 0.1) is 4.90 Å². The smallest absolute Gasteiger partial charge is 0.253 e. The lowest BCUT2D eigenvalue weighted by atomic mass is 9.96. The topological polar surface area (TPSA) is 88.4 Å². The molecule has 1 aromatic carbocycles. The predicted molar refractivity (Wildman–Crippen MR) is 125 cm³/mol. The highest BCUT2D eigenvalue weighted by Crippen LogP contribution is 2.29. The number of piperidine rings is 2. The molecule has 0 saturated carbocycles. The van der Waals surface area contributed by atoms with Gasteiger partial charge < -0.3 is 9.47 Å². The van der Waals surface area contributed by atoms with Crippen LogP contribution >= 0.6 is 0 Å². The van der Waals surface area contributed by atoms with Gasteiger partial charge in [-0.2, -0.15) is 4.31 Å². The maximum atomic E-state index is 13.4. The average molecular weight is 472 g/mol. The van der Waals surface area contributed by atoms with Crippen molar-refractivity contribution in [2.24, 2.45) is 0 Å². The van der Waals surface area contributed by atoms with Crippen molar-refractivity contribution in [2.45, 2.75) is 75.1 Å². The minimum absolute atomic E-state index is 0.106. The Morgan fingerprint density at radius 1 is 0.909 bits per heavy atom. The van der Waals surface area contributed by atoms with Gasteiger partial charge in [-0.3, -0.25) is 4.79 Å². The molecule has 1 amide bonds. The number of benzene rings is 1. The first-order valence-corrected chi connectivity index (χ1v) is 13.8. The number of aromatic nitrogens is 3. The summed E-state index contributed by atoms with van der Waals surface area (Å²) in [7, 11) is -3.57. The van der Waals surface area contributed by atoms with Crippen molar-refractivity contribution in [1.29, 1.82) is 0 Å². The van der Waals surface area contributed by atoms with Crippen LogP contribution in [0.15, 0.2) is 29.2 Å². The molecule has 9 heteroatoms. The number of hydrogen-bond acceptors (Lipinski definition) is 5. The number of amides is 1. The van der Waals surface area contributed by atoms with Gasteiger partial charge in [0.2, 0.25) is 10.0 Å². The fraction of sp³-hybridized carbons (Fsp3) is 0.625. The first kappa shape index (κ1) is 22.5. The summed E-state index contributed by atoms with van der Waals surface area (Å²) in [5, 5.41) is 8.96. The Hall–Kier alpha value is -2.26. The number of aryl methyl sites for hydroxylation is 1. The molecule has 8 nitrogen and oxygen atoms in total. The molecule has 0 N–H and O–H groups in total. The summed E-state index contributed by atoms with van der Waals surface area (Å²) in [6, 6.07) is 6.57. The molecule has 0 radical (unpaired) electrons. The van der Waals surface area contributed by atoms with E-state index in [-0.39, 0.29) is 16.7 Å². The van der Waals surface area contributed by atoms with Crippen LogP contribution in [0.1, 0.15) is 79.3 Å². The van der Waals surface area contributed by atoms with Crippen LogP contribution in [0.3, 0.4) is 0 Å². The third kappa shape index (κ3) is 4.57. The molecule has 0 bridgehead atoms. The maximum absolute atomic E-state index is 13.4. The highest BCUT2D eigenvalue weighted by Gasteiger charge is 2.31. The van der Waals surface area contributed by atoms with E-state index in [4.69, 9.17) is 0 Å². The second-order valence-corrected chi connectivity index (χ2v) is 11.5. The second kappa shape index (κ2) is 9.54. The molecule has 2 aromatic rings. The molecule has 0 aliphatic carbocycles. The lowest BCUT2D eigenvalue weighted by Crippen LogP contribution is -2.40. The van der Waals surface area contributed by atoms with Crippen LogP contribution < -0.4 is 0 Å². The van der Waals surface area contributed by atoms with E-state index in [0.29, 0.717) is 31.7 Å². The van der Waals surface area contributed by atoms with E-state index in [0.717, 1.165) is 69.6 Å². The summed E-state index contributed by atoms with van der Waals surface area (Å²) in [5.41, 5.74) is 0.439. The lowest BCUT2D eigenvalue weighted by Gasteiger charge is -2.32. The minimum atomic E-state index is -3.57.